The Kier molecular flexibility index (Phi) is 5.71. The van der Waals surface area contributed by atoms with Gasteiger partial charge in [0.15, 0.2) is 5.69 Å². The number of aromatic nitrogens is 2. The van der Waals surface area contributed by atoms with Gasteiger partial charge in [0.05, 0.1) is 0 Å². The molecule has 1 rings (SSSR count). The Morgan fingerprint density at radius 2 is 2.24 bits per heavy atom. The number of hydrogen-bond acceptors (Lipinski definition) is 4. The molecule has 0 fully saturated rings. The highest BCUT2D eigenvalue weighted by Gasteiger charge is 2.05. The zero-order chi connectivity index (χ0) is 12.5. The lowest BCUT2D eigenvalue weighted by Crippen LogP contribution is -2.24. The van der Waals surface area contributed by atoms with Crippen molar-refractivity contribution in [1.29, 1.82) is 0 Å². The van der Waals surface area contributed by atoms with E-state index in [0.29, 0.717) is 18.1 Å². The van der Waals surface area contributed by atoms with Crippen molar-refractivity contribution in [3.05, 3.63) is 30.0 Å². The number of carbonyl (C=O) groups excluding carboxylic acids is 1. The molecule has 1 aromatic heterocycles. The van der Waals surface area contributed by atoms with Crippen LogP contribution in [0.4, 0.5) is 5.82 Å². The highest BCUT2D eigenvalue weighted by Crippen LogP contribution is 2.02. The van der Waals surface area contributed by atoms with Crippen molar-refractivity contribution >= 4 is 11.7 Å². The van der Waals surface area contributed by atoms with Crippen molar-refractivity contribution in [2.45, 2.75) is 20.3 Å². The second kappa shape index (κ2) is 7.38. The molecular weight excluding hydrogens is 216 g/mol. The van der Waals surface area contributed by atoms with Crippen LogP contribution in [0.15, 0.2) is 24.3 Å². The largest absolute Gasteiger partial charge is 0.368 e. The molecule has 17 heavy (non-hydrogen) atoms. The molecule has 0 atom stereocenters. The molecule has 0 aliphatic rings. The number of amides is 1. The third-order valence-electron chi connectivity index (χ3n) is 2.09. The average Bonchev–Trinajstić information content (AvgIpc) is 2.36. The quantitative estimate of drug-likeness (QED) is 0.579. The van der Waals surface area contributed by atoms with E-state index in [2.05, 4.69) is 26.9 Å². The standard InChI is InChI=1S/C12H18N4O/c1-3-5-6-9-14-11-8-7-10(15-16-11)12(17)13-4-2/h3,5,7-8H,4,6,9H2,1-2H3,(H,13,17)(H,14,16)/b5-3+. The van der Waals surface area contributed by atoms with Gasteiger partial charge in [-0.05, 0) is 32.4 Å². The fourth-order valence-corrected chi connectivity index (χ4v) is 1.25. The van der Waals surface area contributed by atoms with Gasteiger partial charge in [-0.1, -0.05) is 12.2 Å². The van der Waals surface area contributed by atoms with Crippen molar-refractivity contribution in [2.24, 2.45) is 0 Å². The van der Waals surface area contributed by atoms with E-state index in [1.54, 1.807) is 12.1 Å². The van der Waals surface area contributed by atoms with Gasteiger partial charge in [-0.25, -0.2) is 0 Å². The van der Waals surface area contributed by atoms with Gasteiger partial charge in [0.1, 0.15) is 5.82 Å². The number of nitrogens with one attached hydrogen (secondary N) is 2. The van der Waals surface area contributed by atoms with Crippen LogP contribution in [0.1, 0.15) is 30.8 Å². The van der Waals surface area contributed by atoms with Crippen molar-refractivity contribution in [3.8, 4) is 0 Å². The Morgan fingerprint density at radius 1 is 1.41 bits per heavy atom. The first-order chi connectivity index (χ1) is 8.27. The number of hydrogen-bond donors (Lipinski definition) is 2. The Morgan fingerprint density at radius 3 is 2.82 bits per heavy atom. The summed E-state index contributed by atoms with van der Waals surface area (Å²) in [5.74, 6) is 0.489. The molecule has 0 aromatic carbocycles. The predicted octanol–water partition coefficient (Wildman–Crippen LogP) is 1.60. The van der Waals surface area contributed by atoms with Crippen LogP contribution >= 0.6 is 0 Å². The first kappa shape index (κ1) is 13.2. The monoisotopic (exact) mass is 234 g/mol. The van der Waals surface area contributed by atoms with E-state index < -0.39 is 0 Å². The molecule has 1 aromatic rings. The lowest BCUT2D eigenvalue weighted by atomic mass is 10.3. The second-order valence-electron chi connectivity index (χ2n) is 3.45. The van der Waals surface area contributed by atoms with Gasteiger partial charge in [-0.15, -0.1) is 10.2 Å². The molecule has 2 N–H and O–H groups in total. The maximum atomic E-state index is 11.4. The van der Waals surface area contributed by atoms with Crippen molar-refractivity contribution in [2.75, 3.05) is 18.4 Å². The lowest BCUT2D eigenvalue weighted by molar-refractivity contribution is 0.0950. The fourth-order valence-electron chi connectivity index (χ4n) is 1.25. The van der Waals surface area contributed by atoms with Crippen LogP contribution in [0.3, 0.4) is 0 Å². The van der Waals surface area contributed by atoms with Crippen LogP contribution in [0.5, 0.6) is 0 Å². The summed E-state index contributed by atoms with van der Waals surface area (Å²) in [5, 5.41) is 13.6. The maximum Gasteiger partial charge on any atom is 0.271 e. The summed E-state index contributed by atoms with van der Waals surface area (Å²) in [7, 11) is 0. The van der Waals surface area contributed by atoms with Gasteiger partial charge < -0.3 is 10.6 Å². The summed E-state index contributed by atoms with van der Waals surface area (Å²) in [4.78, 5) is 11.4. The molecule has 0 aliphatic carbocycles. The molecule has 0 aliphatic heterocycles. The molecular formula is C12H18N4O. The number of carbonyl (C=O) groups is 1. The molecule has 0 saturated heterocycles. The lowest BCUT2D eigenvalue weighted by Gasteiger charge is -2.04. The smallest absolute Gasteiger partial charge is 0.271 e. The van der Waals surface area contributed by atoms with Crippen molar-refractivity contribution < 1.29 is 4.79 Å². The van der Waals surface area contributed by atoms with E-state index in [1.165, 1.54) is 0 Å². The molecule has 0 unspecified atom stereocenters. The maximum absolute atomic E-state index is 11.4. The molecule has 5 nitrogen and oxygen atoms in total. The Bertz CT molecular complexity index is 373. The third kappa shape index (κ3) is 4.63. The van der Waals surface area contributed by atoms with E-state index in [9.17, 15) is 4.79 Å². The third-order valence-corrected chi connectivity index (χ3v) is 2.09. The number of rotatable bonds is 6. The predicted molar refractivity (Wildman–Crippen MR) is 68.0 cm³/mol. The summed E-state index contributed by atoms with van der Waals surface area (Å²) in [6.45, 7) is 5.24. The second-order valence-corrected chi connectivity index (χ2v) is 3.45. The van der Waals surface area contributed by atoms with Crippen LogP contribution < -0.4 is 10.6 Å². The van der Waals surface area contributed by atoms with Gasteiger partial charge >= 0.3 is 0 Å². The summed E-state index contributed by atoms with van der Waals surface area (Å²) < 4.78 is 0. The SMILES string of the molecule is C/C=C/CCNc1ccc(C(=O)NCC)nn1. The van der Waals surface area contributed by atoms with E-state index in [-0.39, 0.29) is 5.91 Å². The Hall–Kier alpha value is -1.91. The molecule has 1 heterocycles. The molecule has 0 spiro atoms. The van der Waals surface area contributed by atoms with E-state index in [1.807, 2.05) is 19.9 Å². The van der Waals surface area contributed by atoms with Crippen molar-refractivity contribution in [3.63, 3.8) is 0 Å². The first-order valence-electron chi connectivity index (χ1n) is 5.75. The Labute approximate surface area is 101 Å². The summed E-state index contributed by atoms with van der Waals surface area (Å²) >= 11 is 0. The van der Waals surface area contributed by atoms with Gasteiger partial charge in [-0.2, -0.15) is 0 Å². The topological polar surface area (TPSA) is 66.9 Å². The highest BCUT2D eigenvalue weighted by molar-refractivity contribution is 5.92. The molecule has 0 bridgehead atoms. The zero-order valence-electron chi connectivity index (χ0n) is 10.2. The summed E-state index contributed by atoms with van der Waals surface area (Å²) in [5.41, 5.74) is 0.339. The highest BCUT2D eigenvalue weighted by atomic mass is 16.1. The molecule has 5 heteroatoms. The average molecular weight is 234 g/mol. The zero-order valence-corrected chi connectivity index (χ0v) is 10.2. The van der Waals surface area contributed by atoms with Crippen LogP contribution in [0.2, 0.25) is 0 Å². The minimum Gasteiger partial charge on any atom is -0.368 e. The fraction of sp³-hybridized carbons (Fsp3) is 0.417. The molecule has 1 amide bonds. The number of allylic oxidation sites excluding steroid dienone is 1. The molecule has 0 radical (unpaired) electrons. The Balaban J connectivity index is 2.47. The van der Waals surface area contributed by atoms with Crippen LogP contribution in [-0.2, 0) is 0 Å². The molecule has 92 valence electrons. The summed E-state index contributed by atoms with van der Waals surface area (Å²) in [6, 6.07) is 3.42. The van der Waals surface area contributed by atoms with Crippen LogP contribution in [0.25, 0.3) is 0 Å². The van der Waals surface area contributed by atoms with Gasteiger partial charge in [0, 0.05) is 13.1 Å². The van der Waals surface area contributed by atoms with Crippen molar-refractivity contribution in [1.82, 2.24) is 15.5 Å². The summed E-state index contributed by atoms with van der Waals surface area (Å²) in [6.07, 6.45) is 5.02. The van der Waals surface area contributed by atoms with E-state index in [4.69, 9.17) is 0 Å². The normalized spacial score (nSPS) is 10.5. The van der Waals surface area contributed by atoms with Crippen LogP contribution in [0, 0.1) is 0 Å². The van der Waals surface area contributed by atoms with E-state index in [0.717, 1.165) is 13.0 Å². The minimum absolute atomic E-state index is 0.194. The number of nitrogens with zero attached hydrogens (tertiary/aromatic N) is 2. The minimum atomic E-state index is -0.194. The first-order valence-corrected chi connectivity index (χ1v) is 5.75. The van der Waals surface area contributed by atoms with Gasteiger partial charge in [0.25, 0.3) is 5.91 Å². The van der Waals surface area contributed by atoms with Gasteiger partial charge in [0.2, 0.25) is 0 Å². The molecule has 0 saturated carbocycles. The van der Waals surface area contributed by atoms with Gasteiger partial charge in [-0.3, -0.25) is 4.79 Å². The number of anilines is 1. The van der Waals surface area contributed by atoms with Crippen LogP contribution in [-0.4, -0.2) is 29.2 Å². The van der Waals surface area contributed by atoms with E-state index >= 15 is 0 Å².